The summed E-state index contributed by atoms with van der Waals surface area (Å²) in [5.41, 5.74) is 3.71. The molecule has 0 unspecified atom stereocenters. The number of hydrogen-bond acceptors (Lipinski definition) is 5. The maximum atomic E-state index is 13.6. The van der Waals surface area contributed by atoms with Gasteiger partial charge in [-0.2, -0.15) is 0 Å². The van der Waals surface area contributed by atoms with Gasteiger partial charge >= 0.3 is 5.97 Å². The summed E-state index contributed by atoms with van der Waals surface area (Å²) in [5.74, 6) is -0.271. The molecule has 5 nitrogen and oxygen atoms in total. The number of ether oxygens (including phenoxy) is 2. The molecule has 38 heavy (non-hydrogen) atoms. The molecule has 0 amide bonds. The Morgan fingerprint density at radius 2 is 1.34 bits per heavy atom. The van der Waals surface area contributed by atoms with Crippen LogP contribution in [0, 0.1) is 0 Å². The van der Waals surface area contributed by atoms with Crippen molar-refractivity contribution in [1.29, 1.82) is 0 Å². The van der Waals surface area contributed by atoms with Gasteiger partial charge in [0, 0.05) is 0 Å². The Balaban J connectivity index is 1.68. The topological polar surface area (TPSA) is 48.0 Å². The lowest BCUT2D eigenvalue weighted by Gasteiger charge is -2.37. The fourth-order valence-corrected chi connectivity index (χ4v) is 6.44. The molecule has 4 rings (SSSR count). The Kier molecular flexibility index (Phi) is 9.21. The minimum atomic E-state index is -1.99. The van der Waals surface area contributed by atoms with Crippen LogP contribution in [0.3, 0.4) is 0 Å². The average Bonchev–Trinajstić information content (AvgIpc) is 3.25. The van der Waals surface area contributed by atoms with E-state index in [1.807, 2.05) is 80.7 Å². The second kappa shape index (κ2) is 12.4. The highest BCUT2D eigenvalue weighted by atomic mass is 28.4. The van der Waals surface area contributed by atoms with E-state index < -0.39 is 26.6 Å². The smallest absolute Gasteiger partial charge is 0.326 e. The van der Waals surface area contributed by atoms with E-state index in [0.717, 1.165) is 16.7 Å². The largest absolute Gasteiger partial charge is 0.456 e. The van der Waals surface area contributed by atoms with Gasteiger partial charge in [-0.05, 0) is 49.3 Å². The van der Waals surface area contributed by atoms with Gasteiger partial charge in [-0.25, -0.2) is 0 Å². The molecule has 0 aromatic heterocycles. The van der Waals surface area contributed by atoms with Crippen molar-refractivity contribution in [3.8, 4) is 0 Å². The van der Waals surface area contributed by atoms with Gasteiger partial charge in [-0.3, -0.25) is 9.69 Å². The van der Waals surface area contributed by atoms with E-state index in [0.29, 0.717) is 12.1 Å². The van der Waals surface area contributed by atoms with E-state index >= 15 is 0 Å². The summed E-state index contributed by atoms with van der Waals surface area (Å²) in [6.07, 6.45) is -1.28. The number of rotatable bonds is 11. The lowest BCUT2D eigenvalue weighted by atomic mass is 9.94. The van der Waals surface area contributed by atoms with Crippen molar-refractivity contribution < 1.29 is 18.7 Å². The molecule has 0 spiro atoms. The van der Waals surface area contributed by atoms with E-state index in [-0.39, 0.29) is 18.1 Å². The lowest BCUT2D eigenvalue weighted by Crippen LogP contribution is -2.51. The molecule has 0 radical (unpaired) electrons. The summed E-state index contributed by atoms with van der Waals surface area (Å²) in [6.45, 7) is 11.2. The number of benzene rings is 3. The Labute approximate surface area is 228 Å². The number of carbonyl (C=O) groups is 1. The molecule has 1 saturated heterocycles. The number of cyclic esters (lactones) is 1. The van der Waals surface area contributed by atoms with Gasteiger partial charge in [0.2, 0.25) is 0 Å². The van der Waals surface area contributed by atoms with Crippen molar-refractivity contribution in [1.82, 2.24) is 4.90 Å². The molecular weight excluding hydrogens is 490 g/mol. The third kappa shape index (κ3) is 6.44. The first-order chi connectivity index (χ1) is 18.2. The highest BCUT2D eigenvalue weighted by Gasteiger charge is 2.52. The molecule has 202 valence electrons. The van der Waals surface area contributed by atoms with Gasteiger partial charge in [-0.1, -0.05) is 105 Å². The zero-order valence-corrected chi connectivity index (χ0v) is 24.4. The van der Waals surface area contributed by atoms with Crippen LogP contribution in [0.15, 0.2) is 91.0 Å². The highest BCUT2D eigenvalue weighted by Crippen LogP contribution is 2.36. The predicted molar refractivity (Wildman–Crippen MR) is 154 cm³/mol. The van der Waals surface area contributed by atoms with Gasteiger partial charge in [0.25, 0.3) is 0 Å². The van der Waals surface area contributed by atoms with E-state index in [4.69, 9.17) is 13.9 Å². The fraction of sp³-hybridized carbons (Fsp3) is 0.406. The quantitative estimate of drug-likeness (QED) is 0.206. The zero-order valence-electron chi connectivity index (χ0n) is 23.4. The van der Waals surface area contributed by atoms with Crippen molar-refractivity contribution in [3.63, 3.8) is 0 Å². The normalized spacial score (nSPS) is 20.8. The molecule has 1 heterocycles. The predicted octanol–water partition coefficient (Wildman–Crippen LogP) is 6.61. The molecule has 1 aliphatic rings. The molecule has 3 aromatic rings. The van der Waals surface area contributed by atoms with Crippen LogP contribution >= 0.6 is 0 Å². The van der Waals surface area contributed by atoms with Crippen LogP contribution in [-0.4, -0.2) is 50.6 Å². The molecule has 1 fully saturated rings. The van der Waals surface area contributed by atoms with Crippen molar-refractivity contribution in [2.24, 2.45) is 0 Å². The Morgan fingerprint density at radius 3 is 1.84 bits per heavy atom. The molecule has 4 atom stereocenters. The van der Waals surface area contributed by atoms with Gasteiger partial charge < -0.3 is 13.9 Å². The van der Waals surface area contributed by atoms with Crippen LogP contribution in [0.4, 0.5) is 0 Å². The number of esters is 1. The Morgan fingerprint density at radius 1 is 0.842 bits per heavy atom. The summed E-state index contributed by atoms with van der Waals surface area (Å²) < 4.78 is 19.3. The molecule has 3 aromatic carbocycles. The second-order valence-electron chi connectivity index (χ2n) is 11.1. The molecule has 0 N–H and O–H groups in total. The summed E-state index contributed by atoms with van der Waals surface area (Å²) in [5, 5.41) is 0. The highest BCUT2D eigenvalue weighted by molar-refractivity contribution is 6.72. The van der Waals surface area contributed by atoms with Gasteiger partial charge in [0.1, 0.15) is 12.1 Å². The third-order valence-corrected chi connectivity index (χ3v) is 11.6. The minimum absolute atomic E-state index is 0.144. The molecule has 0 saturated carbocycles. The van der Waals surface area contributed by atoms with Crippen LogP contribution in [0.5, 0.6) is 0 Å². The maximum Gasteiger partial charge on any atom is 0.326 e. The van der Waals surface area contributed by atoms with Crippen LogP contribution in [0.1, 0.15) is 43.5 Å². The van der Waals surface area contributed by atoms with E-state index in [1.54, 1.807) is 0 Å². The standard InChI is InChI=1S/C32H41NO4Si/c1-23(2)38(5,6)37-24(3)30-31(35-22-25-16-10-7-11-17-25)29(32(34)36-30)33(4)28(26-18-12-8-13-19-26)27-20-14-9-15-21-27/h7-21,23-24,28-31H,22H2,1-6H3/t24-,29-,30+,31-/m1/s1. The van der Waals surface area contributed by atoms with Gasteiger partial charge in [0.15, 0.2) is 14.4 Å². The van der Waals surface area contributed by atoms with E-state index in [1.165, 1.54) is 0 Å². The number of likely N-dealkylation sites (N-methyl/N-ethyl adjacent to an activating group) is 1. The summed E-state index contributed by atoms with van der Waals surface area (Å²) in [4.78, 5) is 15.7. The van der Waals surface area contributed by atoms with Crippen molar-refractivity contribution in [2.45, 2.75) is 76.4 Å². The molecular formula is C32H41NO4Si. The van der Waals surface area contributed by atoms with Crippen LogP contribution < -0.4 is 0 Å². The zero-order chi connectivity index (χ0) is 27.3. The lowest BCUT2D eigenvalue weighted by molar-refractivity contribution is -0.148. The molecule has 0 aliphatic carbocycles. The van der Waals surface area contributed by atoms with Crippen molar-refractivity contribution in [3.05, 3.63) is 108 Å². The van der Waals surface area contributed by atoms with Gasteiger partial charge in [-0.15, -0.1) is 0 Å². The first-order valence-corrected chi connectivity index (χ1v) is 16.5. The Bertz CT molecular complexity index is 1120. The number of carbonyl (C=O) groups excluding carboxylic acids is 1. The maximum absolute atomic E-state index is 13.6. The van der Waals surface area contributed by atoms with E-state index in [2.05, 4.69) is 56.1 Å². The minimum Gasteiger partial charge on any atom is -0.456 e. The number of nitrogens with zero attached hydrogens (tertiary/aromatic N) is 1. The first-order valence-electron chi connectivity index (χ1n) is 13.5. The number of hydrogen-bond donors (Lipinski definition) is 0. The average molecular weight is 532 g/mol. The fourth-order valence-electron chi connectivity index (χ4n) is 5.07. The monoisotopic (exact) mass is 531 g/mol. The summed E-state index contributed by atoms with van der Waals surface area (Å²) >= 11 is 0. The molecule has 1 aliphatic heterocycles. The van der Waals surface area contributed by atoms with Crippen LogP contribution in [-0.2, 0) is 25.3 Å². The second-order valence-corrected chi connectivity index (χ2v) is 15.7. The first kappa shape index (κ1) is 28.2. The van der Waals surface area contributed by atoms with Crippen LogP contribution in [0.25, 0.3) is 0 Å². The van der Waals surface area contributed by atoms with E-state index in [9.17, 15) is 4.79 Å². The third-order valence-electron chi connectivity index (χ3n) is 7.83. The summed E-state index contributed by atoms with van der Waals surface area (Å²) in [7, 11) is 0.00967. The Hall–Kier alpha value is -2.77. The summed E-state index contributed by atoms with van der Waals surface area (Å²) in [6, 6.07) is 29.9. The van der Waals surface area contributed by atoms with Crippen molar-refractivity contribution >= 4 is 14.3 Å². The molecule has 6 heteroatoms. The molecule has 0 bridgehead atoms. The van der Waals surface area contributed by atoms with Gasteiger partial charge in [0.05, 0.1) is 18.8 Å². The van der Waals surface area contributed by atoms with Crippen LogP contribution in [0.2, 0.25) is 18.6 Å². The SMILES string of the molecule is CC(C)[Si](C)(C)O[C@H](C)[C@@H]1OC(=O)[C@H](N(C)C(c2ccccc2)c2ccccc2)[C@H]1OCc1ccccc1. The van der Waals surface area contributed by atoms with Crippen molar-refractivity contribution in [2.75, 3.05) is 7.05 Å².